The maximum Gasteiger partial charge on any atom is 0.188 e. The molecule has 3 rings (SSSR count). The third-order valence-electron chi connectivity index (χ3n) is 3.68. The number of carbonyl (C=O) groups excluding carboxylic acids is 1. The van der Waals surface area contributed by atoms with Crippen LogP contribution in [0.4, 0.5) is 0 Å². The van der Waals surface area contributed by atoms with Gasteiger partial charge < -0.3 is 4.74 Å². The molecule has 1 aliphatic heterocycles. The van der Waals surface area contributed by atoms with Crippen LogP contribution < -0.4 is 5.48 Å². The van der Waals surface area contributed by atoms with E-state index in [0.717, 1.165) is 36.4 Å². The number of aromatic nitrogens is 2. The van der Waals surface area contributed by atoms with Gasteiger partial charge >= 0.3 is 0 Å². The van der Waals surface area contributed by atoms with Gasteiger partial charge in [0.2, 0.25) is 0 Å². The molecule has 0 spiro atoms. The lowest BCUT2D eigenvalue weighted by Crippen LogP contribution is -2.30. The molecule has 0 radical (unpaired) electrons. The Bertz CT molecular complexity index is 645. The second-order valence-corrected chi connectivity index (χ2v) is 6.63. The number of nitrogens with zero attached hydrogens (tertiary/aromatic N) is 2. The lowest BCUT2D eigenvalue weighted by Gasteiger charge is -2.15. The van der Waals surface area contributed by atoms with Gasteiger partial charge in [-0.3, -0.25) is 14.3 Å². The van der Waals surface area contributed by atoms with E-state index in [-0.39, 0.29) is 18.6 Å². The Labute approximate surface area is 139 Å². The molecule has 0 aliphatic carbocycles. The summed E-state index contributed by atoms with van der Waals surface area (Å²) >= 11 is 1.44. The average molecular weight is 335 g/mol. The molecule has 0 aromatic carbocycles. The second kappa shape index (κ2) is 7.83. The fraction of sp³-hybridized carbons (Fsp3) is 0.500. The topological polar surface area (TPSA) is 65.4 Å². The van der Waals surface area contributed by atoms with Crippen molar-refractivity contribution in [2.24, 2.45) is 7.05 Å². The molecule has 1 aliphatic rings. The summed E-state index contributed by atoms with van der Waals surface area (Å²) in [7, 11) is 1.88. The van der Waals surface area contributed by atoms with Gasteiger partial charge in [0.05, 0.1) is 16.3 Å². The first kappa shape index (κ1) is 16.3. The third kappa shape index (κ3) is 4.48. The molecule has 2 aromatic heterocycles. The Morgan fingerprint density at radius 3 is 3.17 bits per heavy atom. The monoisotopic (exact) mass is 335 g/mol. The van der Waals surface area contributed by atoms with Crippen molar-refractivity contribution >= 4 is 17.1 Å². The number of ether oxygens (including phenoxy) is 1. The van der Waals surface area contributed by atoms with E-state index in [9.17, 15) is 4.79 Å². The van der Waals surface area contributed by atoms with Gasteiger partial charge in [0.15, 0.2) is 12.1 Å². The highest BCUT2D eigenvalue weighted by Crippen LogP contribution is 2.26. The molecule has 124 valence electrons. The van der Waals surface area contributed by atoms with Crippen LogP contribution in [0.25, 0.3) is 10.6 Å². The summed E-state index contributed by atoms with van der Waals surface area (Å²) in [4.78, 5) is 19.3. The summed E-state index contributed by atoms with van der Waals surface area (Å²) in [6.45, 7) is 0.862. The smallest absolute Gasteiger partial charge is 0.188 e. The average Bonchev–Trinajstić information content (AvgIpc) is 3.11. The predicted molar refractivity (Wildman–Crippen MR) is 88.1 cm³/mol. The van der Waals surface area contributed by atoms with E-state index >= 15 is 0 Å². The first-order chi connectivity index (χ1) is 11.2. The molecule has 23 heavy (non-hydrogen) atoms. The first-order valence-electron chi connectivity index (χ1n) is 7.85. The summed E-state index contributed by atoms with van der Waals surface area (Å²) in [5.41, 5.74) is 3.63. The van der Waals surface area contributed by atoms with Gasteiger partial charge in [0, 0.05) is 26.3 Å². The number of aryl methyl sites for hydroxylation is 1. The third-order valence-corrected chi connectivity index (χ3v) is 4.83. The molecule has 1 atom stereocenters. The lowest BCUT2D eigenvalue weighted by atomic mass is 10.2. The molecule has 1 N–H and O–H groups in total. The van der Waals surface area contributed by atoms with E-state index in [4.69, 9.17) is 9.57 Å². The second-order valence-electron chi connectivity index (χ2n) is 5.55. The molecule has 6 nitrogen and oxygen atoms in total. The molecule has 1 unspecified atom stereocenters. The van der Waals surface area contributed by atoms with E-state index < -0.39 is 0 Å². The highest BCUT2D eigenvalue weighted by Gasteiger charge is 2.15. The highest BCUT2D eigenvalue weighted by atomic mass is 32.1. The normalized spacial score (nSPS) is 18.7. The largest absolute Gasteiger partial charge is 0.351 e. The number of hydroxylamine groups is 1. The predicted octanol–water partition coefficient (Wildman–Crippen LogP) is 2.77. The maximum atomic E-state index is 12.2. The number of Topliss-reactive ketones (excluding diaryl/α,β-unsaturated/α-hetero) is 1. The van der Waals surface area contributed by atoms with Crippen LogP contribution in [0.3, 0.4) is 0 Å². The van der Waals surface area contributed by atoms with Gasteiger partial charge in [0.25, 0.3) is 0 Å². The van der Waals surface area contributed by atoms with E-state index in [1.165, 1.54) is 17.8 Å². The molecule has 1 saturated heterocycles. The summed E-state index contributed by atoms with van der Waals surface area (Å²) in [6, 6.07) is 5.70. The molecule has 0 bridgehead atoms. The van der Waals surface area contributed by atoms with E-state index in [1.54, 1.807) is 4.68 Å². The Morgan fingerprint density at radius 1 is 1.43 bits per heavy atom. The minimum Gasteiger partial charge on any atom is -0.351 e. The maximum absolute atomic E-state index is 12.2. The van der Waals surface area contributed by atoms with Crippen molar-refractivity contribution in [1.29, 1.82) is 0 Å². The van der Waals surface area contributed by atoms with Gasteiger partial charge in [-0.1, -0.05) is 6.42 Å². The zero-order valence-electron chi connectivity index (χ0n) is 13.2. The Hall–Kier alpha value is -1.54. The van der Waals surface area contributed by atoms with Gasteiger partial charge in [-0.25, -0.2) is 0 Å². The van der Waals surface area contributed by atoms with Crippen molar-refractivity contribution in [3.8, 4) is 10.6 Å². The highest BCUT2D eigenvalue weighted by molar-refractivity contribution is 7.17. The van der Waals surface area contributed by atoms with Crippen LogP contribution in [-0.4, -0.2) is 35.0 Å². The van der Waals surface area contributed by atoms with Crippen molar-refractivity contribution in [1.82, 2.24) is 15.3 Å². The molecular weight excluding hydrogens is 314 g/mol. The summed E-state index contributed by atoms with van der Waals surface area (Å²) < 4.78 is 7.30. The Kier molecular flexibility index (Phi) is 5.56. The van der Waals surface area contributed by atoms with Crippen molar-refractivity contribution in [3.63, 3.8) is 0 Å². The quantitative estimate of drug-likeness (QED) is 0.649. The van der Waals surface area contributed by atoms with Crippen LogP contribution in [0, 0.1) is 0 Å². The number of hydrogen-bond acceptors (Lipinski definition) is 6. The van der Waals surface area contributed by atoms with E-state index in [2.05, 4.69) is 10.6 Å². The van der Waals surface area contributed by atoms with Crippen molar-refractivity contribution in [3.05, 3.63) is 29.3 Å². The minimum absolute atomic E-state index is 0.00537. The summed E-state index contributed by atoms with van der Waals surface area (Å²) in [5.74, 6) is 0.00537. The zero-order chi connectivity index (χ0) is 16.1. The van der Waals surface area contributed by atoms with Crippen molar-refractivity contribution < 1.29 is 14.4 Å². The molecule has 1 fully saturated rings. The van der Waals surface area contributed by atoms with Crippen LogP contribution in [-0.2, 0) is 16.6 Å². The molecule has 2 aromatic rings. The fourth-order valence-corrected chi connectivity index (χ4v) is 3.35. The molecular formula is C16H21N3O3S. The molecule has 0 saturated carbocycles. The minimum atomic E-state index is -0.252. The SMILES string of the molecule is Cn1ccc(-c2ccc(C(=O)CNOC3CCCCCO3)s2)n1. The number of nitrogens with one attached hydrogen (secondary N) is 1. The molecule has 3 heterocycles. The number of hydrogen-bond donors (Lipinski definition) is 1. The summed E-state index contributed by atoms with van der Waals surface area (Å²) in [6.07, 6.45) is 5.84. The van der Waals surface area contributed by atoms with Gasteiger partial charge in [-0.05, 0) is 31.0 Å². The lowest BCUT2D eigenvalue weighted by molar-refractivity contribution is -0.175. The Balaban J connectivity index is 1.49. The number of ketones is 1. The number of carbonyl (C=O) groups is 1. The molecule has 0 amide bonds. The first-order valence-corrected chi connectivity index (χ1v) is 8.67. The number of thiophene rings is 1. The van der Waals surface area contributed by atoms with Crippen molar-refractivity contribution in [2.45, 2.75) is 32.0 Å². The van der Waals surface area contributed by atoms with Crippen LogP contribution >= 0.6 is 11.3 Å². The van der Waals surface area contributed by atoms with Crippen LogP contribution in [0.2, 0.25) is 0 Å². The standard InChI is InChI=1S/C16H21N3O3S/c1-19-9-8-12(18-19)14-6-7-15(23-14)13(20)11-17-22-16-5-3-2-4-10-21-16/h6-9,16-17H,2-5,10-11H2,1H3. The Morgan fingerprint density at radius 2 is 2.35 bits per heavy atom. The van der Waals surface area contributed by atoms with Gasteiger partial charge in [-0.2, -0.15) is 10.6 Å². The van der Waals surface area contributed by atoms with E-state index in [1.807, 2.05) is 31.4 Å². The van der Waals surface area contributed by atoms with Crippen molar-refractivity contribution in [2.75, 3.05) is 13.2 Å². The zero-order valence-corrected chi connectivity index (χ0v) is 14.0. The van der Waals surface area contributed by atoms with Gasteiger partial charge in [-0.15, -0.1) is 11.3 Å². The van der Waals surface area contributed by atoms with Crippen LogP contribution in [0.1, 0.15) is 35.4 Å². The van der Waals surface area contributed by atoms with E-state index in [0.29, 0.717) is 4.88 Å². The fourth-order valence-electron chi connectivity index (χ4n) is 2.44. The van der Waals surface area contributed by atoms with Crippen LogP contribution in [0.15, 0.2) is 24.4 Å². The molecule has 7 heteroatoms. The summed E-state index contributed by atoms with van der Waals surface area (Å²) in [5, 5.41) is 4.34. The van der Waals surface area contributed by atoms with Crippen LogP contribution in [0.5, 0.6) is 0 Å². The van der Waals surface area contributed by atoms with Gasteiger partial charge in [0.1, 0.15) is 5.69 Å². The number of rotatable bonds is 6.